The molecule has 0 radical (unpaired) electrons. The van der Waals surface area contributed by atoms with Crippen LogP contribution in [0.3, 0.4) is 0 Å². The summed E-state index contributed by atoms with van der Waals surface area (Å²) in [6.07, 6.45) is 3.92. The monoisotopic (exact) mass is 225 g/mol. The lowest BCUT2D eigenvalue weighted by molar-refractivity contribution is -0.136. The molecule has 4 heteroatoms. The summed E-state index contributed by atoms with van der Waals surface area (Å²) in [6.45, 7) is 6.07. The second-order valence-corrected chi connectivity index (χ2v) is 4.98. The van der Waals surface area contributed by atoms with Gasteiger partial charge in [0.25, 0.3) is 0 Å². The zero-order valence-electron chi connectivity index (χ0n) is 10.4. The normalized spacial score (nSPS) is 28.6. The molecule has 0 spiro atoms. The van der Waals surface area contributed by atoms with Crippen molar-refractivity contribution in [2.75, 3.05) is 33.2 Å². The molecular weight excluding hydrogens is 202 g/mol. The SMILES string of the molecule is CNC(C)C(=O)N1CCN2CCCCC2C1. The Morgan fingerprint density at radius 3 is 2.88 bits per heavy atom. The number of hydrogen-bond acceptors (Lipinski definition) is 3. The molecule has 16 heavy (non-hydrogen) atoms. The second-order valence-electron chi connectivity index (χ2n) is 4.98. The molecule has 2 aliphatic heterocycles. The Balaban J connectivity index is 1.92. The highest BCUT2D eigenvalue weighted by Crippen LogP contribution is 2.21. The van der Waals surface area contributed by atoms with Crippen molar-refractivity contribution < 1.29 is 4.79 Å². The number of piperazine rings is 1. The van der Waals surface area contributed by atoms with Crippen molar-refractivity contribution in [3.8, 4) is 0 Å². The fourth-order valence-corrected chi connectivity index (χ4v) is 2.75. The molecule has 0 aromatic heterocycles. The van der Waals surface area contributed by atoms with Crippen LogP contribution in [0.5, 0.6) is 0 Å². The predicted octanol–water partition coefficient (Wildman–Crippen LogP) is 0.291. The second kappa shape index (κ2) is 5.15. The van der Waals surface area contributed by atoms with Gasteiger partial charge >= 0.3 is 0 Å². The van der Waals surface area contributed by atoms with Crippen molar-refractivity contribution >= 4 is 5.91 Å². The van der Waals surface area contributed by atoms with Crippen molar-refractivity contribution in [3.63, 3.8) is 0 Å². The van der Waals surface area contributed by atoms with E-state index in [4.69, 9.17) is 0 Å². The summed E-state index contributed by atoms with van der Waals surface area (Å²) in [5, 5.41) is 3.03. The van der Waals surface area contributed by atoms with Gasteiger partial charge < -0.3 is 10.2 Å². The Morgan fingerprint density at radius 2 is 2.12 bits per heavy atom. The summed E-state index contributed by atoms with van der Waals surface area (Å²) in [6, 6.07) is 0.575. The highest BCUT2D eigenvalue weighted by molar-refractivity contribution is 5.81. The van der Waals surface area contributed by atoms with E-state index < -0.39 is 0 Å². The topological polar surface area (TPSA) is 35.6 Å². The van der Waals surface area contributed by atoms with Crippen LogP contribution in [-0.4, -0.2) is 61.0 Å². The fourth-order valence-electron chi connectivity index (χ4n) is 2.75. The van der Waals surface area contributed by atoms with Crippen molar-refractivity contribution in [3.05, 3.63) is 0 Å². The van der Waals surface area contributed by atoms with Gasteiger partial charge in [-0.25, -0.2) is 0 Å². The zero-order chi connectivity index (χ0) is 11.5. The Hall–Kier alpha value is -0.610. The van der Waals surface area contributed by atoms with E-state index in [2.05, 4.69) is 10.2 Å². The number of nitrogens with one attached hydrogen (secondary N) is 1. The van der Waals surface area contributed by atoms with Gasteiger partial charge in [0.05, 0.1) is 6.04 Å². The van der Waals surface area contributed by atoms with Crippen molar-refractivity contribution in [1.82, 2.24) is 15.1 Å². The third kappa shape index (κ3) is 2.38. The quantitative estimate of drug-likeness (QED) is 0.734. The number of carbonyl (C=O) groups excluding carboxylic acids is 1. The lowest BCUT2D eigenvalue weighted by atomic mass is 9.99. The summed E-state index contributed by atoms with van der Waals surface area (Å²) in [7, 11) is 1.85. The zero-order valence-corrected chi connectivity index (χ0v) is 10.4. The molecule has 0 saturated carbocycles. The molecule has 2 atom stereocenters. The first kappa shape index (κ1) is 11.9. The number of rotatable bonds is 2. The summed E-state index contributed by atoms with van der Waals surface area (Å²) in [5.74, 6) is 0.257. The van der Waals surface area contributed by atoms with E-state index in [1.807, 2.05) is 18.9 Å². The molecule has 2 fully saturated rings. The molecular formula is C12H23N3O. The summed E-state index contributed by atoms with van der Waals surface area (Å²) in [5.41, 5.74) is 0. The van der Waals surface area contributed by atoms with Crippen LogP contribution >= 0.6 is 0 Å². The lowest BCUT2D eigenvalue weighted by Gasteiger charge is -2.44. The Morgan fingerprint density at radius 1 is 1.31 bits per heavy atom. The van der Waals surface area contributed by atoms with Crippen molar-refractivity contribution in [1.29, 1.82) is 0 Å². The van der Waals surface area contributed by atoms with Crippen molar-refractivity contribution in [2.45, 2.75) is 38.3 Å². The van der Waals surface area contributed by atoms with Gasteiger partial charge in [0.1, 0.15) is 0 Å². The van der Waals surface area contributed by atoms with Gasteiger partial charge in [0.15, 0.2) is 0 Å². The molecule has 2 unspecified atom stereocenters. The maximum atomic E-state index is 12.0. The number of carbonyl (C=O) groups is 1. The molecule has 2 heterocycles. The predicted molar refractivity (Wildman–Crippen MR) is 64.3 cm³/mol. The standard InChI is InChI=1S/C12H23N3O/c1-10(13-2)12(16)15-8-7-14-6-4-3-5-11(14)9-15/h10-11,13H,3-9H2,1-2H3. The minimum Gasteiger partial charge on any atom is -0.339 e. The molecule has 0 aromatic carbocycles. The van der Waals surface area contributed by atoms with Crippen LogP contribution in [0.15, 0.2) is 0 Å². The van der Waals surface area contributed by atoms with Gasteiger partial charge in [-0.1, -0.05) is 6.42 Å². The van der Waals surface area contributed by atoms with Crippen LogP contribution in [0.1, 0.15) is 26.2 Å². The van der Waals surface area contributed by atoms with Crippen LogP contribution in [0.4, 0.5) is 0 Å². The minimum atomic E-state index is -0.0462. The van der Waals surface area contributed by atoms with E-state index in [1.54, 1.807) is 0 Å². The van der Waals surface area contributed by atoms with Crippen LogP contribution in [0, 0.1) is 0 Å². The van der Waals surface area contributed by atoms with Crippen LogP contribution in [0.2, 0.25) is 0 Å². The lowest BCUT2D eigenvalue weighted by Crippen LogP contribution is -2.58. The van der Waals surface area contributed by atoms with Crippen LogP contribution in [0.25, 0.3) is 0 Å². The third-order valence-electron chi connectivity index (χ3n) is 3.95. The number of hydrogen-bond donors (Lipinski definition) is 1. The maximum Gasteiger partial charge on any atom is 0.239 e. The molecule has 0 aliphatic carbocycles. The van der Waals surface area contributed by atoms with Gasteiger partial charge in [-0.15, -0.1) is 0 Å². The molecule has 1 N–H and O–H groups in total. The number of amides is 1. The highest BCUT2D eigenvalue weighted by Gasteiger charge is 2.31. The summed E-state index contributed by atoms with van der Waals surface area (Å²) >= 11 is 0. The van der Waals surface area contributed by atoms with E-state index in [0.717, 1.165) is 19.6 Å². The Labute approximate surface area is 98.0 Å². The average Bonchev–Trinajstić information content (AvgIpc) is 2.36. The first-order chi connectivity index (χ1) is 7.72. The van der Waals surface area contributed by atoms with Gasteiger partial charge in [-0.2, -0.15) is 0 Å². The third-order valence-corrected chi connectivity index (χ3v) is 3.95. The Kier molecular flexibility index (Phi) is 3.82. The molecule has 0 aromatic rings. The number of nitrogens with zero attached hydrogens (tertiary/aromatic N) is 2. The van der Waals surface area contributed by atoms with Crippen LogP contribution < -0.4 is 5.32 Å². The van der Waals surface area contributed by atoms with E-state index in [-0.39, 0.29) is 11.9 Å². The first-order valence-electron chi connectivity index (χ1n) is 6.42. The molecule has 1 amide bonds. The summed E-state index contributed by atoms with van der Waals surface area (Å²) in [4.78, 5) is 16.6. The summed E-state index contributed by atoms with van der Waals surface area (Å²) < 4.78 is 0. The minimum absolute atomic E-state index is 0.0462. The van der Waals surface area contributed by atoms with Gasteiger partial charge in [0.2, 0.25) is 5.91 Å². The molecule has 2 saturated heterocycles. The molecule has 4 nitrogen and oxygen atoms in total. The van der Waals surface area contributed by atoms with E-state index >= 15 is 0 Å². The fraction of sp³-hybridized carbons (Fsp3) is 0.917. The average molecular weight is 225 g/mol. The van der Waals surface area contributed by atoms with Crippen LogP contribution in [-0.2, 0) is 4.79 Å². The Bertz CT molecular complexity index is 257. The maximum absolute atomic E-state index is 12.0. The number of likely N-dealkylation sites (N-methyl/N-ethyl adjacent to an activating group) is 1. The number of fused-ring (bicyclic) bond motifs is 1. The van der Waals surface area contributed by atoms with Crippen molar-refractivity contribution in [2.24, 2.45) is 0 Å². The smallest absolute Gasteiger partial charge is 0.239 e. The number of piperidine rings is 1. The van der Waals surface area contributed by atoms with E-state index in [9.17, 15) is 4.79 Å². The van der Waals surface area contributed by atoms with Gasteiger partial charge in [0, 0.05) is 25.7 Å². The van der Waals surface area contributed by atoms with Gasteiger partial charge in [-0.3, -0.25) is 9.69 Å². The van der Waals surface area contributed by atoms with Gasteiger partial charge in [-0.05, 0) is 33.4 Å². The largest absolute Gasteiger partial charge is 0.339 e. The first-order valence-corrected chi connectivity index (χ1v) is 6.42. The molecule has 2 aliphatic rings. The molecule has 2 rings (SSSR count). The molecule has 0 bridgehead atoms. The molecule has 92 valence electrons. The highest BCUT2D eigenvalue weighted by atomic mass is 16.2. The van der Waals surface area contributed by atoms with E-state index in [0.29, 0.717) is 6.04 Å². The van der Waals surface area contributed by atoms with E-state index in [1.165, 1.54) is 25.8 Å².